The Bertz CT molecular complexity index is 1010. The van der Waals surface area contributed by atoms with Crippen LogP contribution in [0.2, 0.25) is 0 Å². The quantitative estimate of drug-likeness (QED) is 0.750. The molecule has 0 saturated carbocycles. The van der Waals surface area contributed by atoms with Crippen LogP contribution in [0.5, 0.6) is 5.75 Å². The van der Waals surface area contributed by atoms with Gasteiger partial charge in [0.05, 0.1) is 13.7 Å². The van der Waals surface area contributed by atoms with E-state index in [1.807, 2.05) is 30.3 Å². The van der Waals surface area contributed by atoms with Crippen molar-refractivity contribution in [1.29, 1.82) is 10.7 Å². The van der Waals surface area contributed by atoms with Crippen LogP contribution in [0.1, 0.15) is 5.69 Å². The average Bonchev–Trinajstić information content (AvgIpc) is 2.64. The Hall–Kier alpha value is -3.39. The lowest BCUT2D eigenvalue weighted by molar-refractivity contribution is 0.415. The molecule has 3 aromatic rings. The van der Waals surface area contributed by atoms with E-state index in [0.29, 0.717) is 22.1 Å². The number of benzene rings is 2. The second kappa shape index (κ2) is 6.39. The summed E-state index contributed by atoms with van der Waals surface area (Å²) in [6, 6.07) is 16.8. The zero-order valence-electron chi connectivity index (χ0n) is 13.1. The van der Waals surface area contributed by atoms with E-state index in [0.717, 1.165) is 11.8 Å². The summed E-state index contributed by atoms with van der Waals surface area (Å²) < 4.78 is 6.61. The highest BCUT2D eigenvalue weighted by Gasteiger charge is 2.18. The fourth-order valence-electron chi connectivity index (χ4n) is 2.83. The first kappa shape index (κ1) is 15.5. The summed E-state index contributed by atoms with van der Waals surface area (Å²) in [5.74, 6) is 0.618. The van der Waals surface area contributed by atoms with Crippen molar-refractivity contribution in [2.75, 3.05) is 7.11 Å². The van der Waals surface area contributed by atoms with Crippen LogP contribution in [0.25, 0.3) is 21.9 Å². The largest absolute Gasteiger partial charge is 0.497 e. The third kappa shape index (κ3) is 2.44. The molecule has 0 amide bonds. The lowest BCUT2D eigenvalue weighted by atomic mass is 9.97. The summed E-state index contributed by atoms with van der Waals surface area (Å²) in [5, 5.41) is 18.2. The van der Waals surface area contributed by atoms with Crippen molar-refractivity contribution in [2.24, 2.45) is 0 Å². The van der Waals surface area contributed by atoms with Crippen LogP contribution in [0.15, 0.2) is 53.3 Å². The Morgan fingerprint density at radius 1 is 1.21 bits per heavy atom. The van der Waals surface area contributed by atoms with Gasteiger partial charge in [0.25, 0.3) is 5.56 Å². The normalized spacial score (nSPS) is 10.3. The monoisotopic (exact) mass is 317 g/mol. The van der Waals surface area contributed by atoms with E-state index in [-0.39, 0.29) is 17.8 Å². The predicted octanol–water partition coefficient (Wildman–Crippen LogP) is 3.20. The average molecular weight is 317 g/mol. The van der Waals surface area contributed by atoms with Crippen LogP contribution in [-0.4, -0.2) is 17.9 Å². The lowest BCUT2D eigenvalue weighted by Gasteiger charge is -2.15. The zero-order valence-corrected chi connectivity index (χ0v) is 13.1. The number of hydrogen-bond acceptors (Lipinski definition) is 4. The van der Waals surface area contributed by atoms with Crippen molar-refractivity contribution >= 4 is 17.0 Å². The first-order chi connectivity index (χ1) is 11.7. The maximum absolute atomic E-state index is 12.7. The molecule has 0 aliphatic carbocycles. The van der Waals surface area contributed by atoms with Gasteiger partial charge in [-0.15, -0.1) is 0 Å². The standard InChI is InChI=1S/C19H15N3O2/c1-24-14-7-8-15-16(11-14)18(13-5-3-2-4-6-13)17(12-21)22(10-9-20)19(15)23/h2-9,11,20H,10H2,1H3. The van der Waals surface area contributed by atoms with Crippen LogP contribution in [0.3, 0.4) is 0 Å². The maximum Gasteiger partial charge on any atom is 0.259 e. The number of nitrogens with one attached hydrogen (secondary N) is 1. The molecule has 0 aliphatic heterocycles. The highest BCUT2D eigenvalue weighted by atomic mass is 16.5. The Kier molecular flexibility index (Phi) is 4.13. The number of fused-ring (bicyclic) bond motifs is 1. The van der Waals surface area contributed by atoms with Crippen molar-refractivity contribution in [3.8, 4) is 22.9 Å². The topological polar surface area (TPSA) is 78.9 Å². The molecule has 2 aromatic carbocycles. The van der Waals surface area contributed by atoms with Crippen LogP contribution >= 0.6 is 0 Å². The van der Waals surface area contributed by atoms with E-state index in [4.69, 9.17) is 10.1 Å². The smallest absolute Gasteiger partial charge is 0.259 e. The van der Waals surface area contributed by atoms with E-state index in [2.05, 4.69) is 6.07 Å². The zero-order chi connectivity index (χ0) is 17.1. The minimum atomic E-state index is -0.285. The molecule has 0 aliphatic rings. The molecule has 0 unspecified atom stereocenters. The van der Waals surface area contributed by atoms with Gasteiger partial charge in [-0.2, -0.15) is 5.26 Å². The van der Waals surface area contributed by atoms with Crippen molar-refractivity contribution < 1.29 is 4.74 Å². The third-order valence-corrected chi connectivity index (χ3v) is 3.92. The van der Waals surface area contributed by atoms with Gasteiger partial charge >= 0.3 is 0 Å². The number of aromatic nitrogens is 1. The molecular weight excluding hydrogens is 302 g/mol. The Labute approximate surface area is 138 Å². The van der Waals surface area contributed by atoms with Gasteiger partial charge < -0.3 is 10.1 Å². The van der Waals surface area contributed by atoms with Crippen LogP contribution in [-0.2, 0) is 6.54 Å². The van der Waals surface area contributed by atoms with E-state index >= 15 is 0 Å². The molecule has 5 nitrogen and oxygen atoms in total. The van der Waals surface area contributed by atoms with Gasteiger partial charge in [-0.1, -0.05) is 30.3 Å². The fourth-order valence-corrected chi connectivity index (χ4v) is 2.83. The molecule has 0 atom stereocenters. The van der Waals surface area contributed by atoms with Gasteiger partial charge in [0, 0.05) is 22.6 Å². The summed E-state index contributed by atoms with van der Waals surface area (Å²) >= 11 is 0. The summed E-state index contributed by atoms with van der Waals surface area (Å²) in [5.41, 5.74) is 1.47. The molecule has 0 radical (unpaired) electrons. The molecular formula is C19H15N3O2. The van der Waals surface area contributed by atoms with Gasteiger partial charge in [-0.25, -0.2) is 0 Å². The van der Waals surface area contributed by atoms with E-state index < -0.39 is 0 Å². The summed E-state index contributed by atoms with van der Waals surface area (Å²) in [4.78, 5) is 12.7. The number of nitrogens with zero attached hydrogens (tertiary/aromatic N) is 2. The van der Waals surface area contributed by atoms with E-state index in [1.165, 1.54) is 4.57 Å². The molecule has 24 heavy (non-hydrogen) atoms. The van der Waals surface area contributed by atoms with Gasteiger partial charge in [0.2, 0.25) is 0 Å². The van der Waals surface area contributed by atoms with Gasteiger partial charge in [-0.05, 0) is 23.8 Å². The first-order valence-corrected chi connectivity index (χ1v) is 7.40. The number of hydrogen-bond donors (Lipinski definition) is 1. The SMILES string of the molecule is COc1ccc2c(=O)n(CC=N)c(C#N)c(-c3ccccc3)c2c1. The number of ether oxygens (including phenoxy) is 1. The van der Waals surface area contributed by atoms with Crippen LogP contribution in [0, 0.1) is 16.7 Å². The molecule has 0 bridgehead atoms. The van der Waals surface area contributed by atoms with Crippen LogP contribution in [0.4, 0.5) is 0 Å². The highest BCUT2D eigenvalue weighted by Crippen LogP contribution is 2.32. The molecule has 0 spiro atoms. The van der Waals surface area contributed by atoms with Gasteiger partial charge in [-0.3, -0.25) is 9.36 Å². The van der Waals surface area contributed by atoms with E-state index in [9.17, 15) is 10.1 Å². The highest BCUT2D eigenvalue weighted by molar-refractivity contribution is 5.99. The molecule has 0 fully saturated rings. The summed E-state index contributed by atoms with van der Waals surface area (Å²) in [6.45, 7) is 0.0591. The van der Waals surface area contributed by atoms with Gasteiger partial charge in [0.1, 0.15) is 17.5 Å². The van der Waals surface area contributed by atoms with Crippen molar-refractivity contribution in [1.82, 2.24) is 4.57 Å². The molecule has 1 aromatic heterocycles. The third-order valence-electron chi connectivity index (χ3n) is 3.92. The molecule has 0 saturated heterocycles. The molecule has 118 valence electrons. The first-order valence-electron chi connectivity index (χ1n) is 7.40. The Morgan fingerprint density at radius 2 is 1.96 bits per heavy atom. The van der Waals surface area contributed by atoms with Crippen LogP contribution < -0.4 is 10.3 Å². The number of rotatable bonds is 4. The maximum atomic E-state index is 12.7. The molecule has 1 N–H and O–H groups in total. The van der Waals surface area contributed by atoms with E-state index in [1.54, 1.807) is 25.3 Å². The second-order valence-corrected chi connectivity index (χ2v) is 5.23. The summed E-state index contributed by atoms with van der Waals surface area (Å²) in [7, 11) is 1.56. The van der Waals surface area contributed by atoms with Gasteiger partial charge in [0.15, 0.2) is 0 Å². The number of methoxy groups -OCH3 is 1. The lowest BCUT2D eigenvalue weighted by Crippen LogP contribution is -2.24. The minimum absolute atomic E-state index is 0.0591. The fraction of sp³-hybridized carbons (Fsp3) is 0.105. The summed E-state index contributed by atoms with van der Waals surface area (Å²) in [6.07, 6.45) is 1.12. The molecule has 3 rings (SSSR count). The Morgan fingerprint density at radius 3 is 2.58 bits per heavy atom. The minimum Gasteiger partial charge on any atom is -0.497 e. The number of pyridine rings is 1. The molecule has 1 heterocycles. The number of nitriles is 1. The van der Waals surface area contributed by atoms with Crippen molar-refractivity contribution in [3.63, 3.8) is 0 Å². The van der Waals surface area contributed by atoms with Crippen molar-refractivity contribution in [2.45, 2.75) is 6.54 Å². The second-order valence-electron chi connectivity index (χ2n) is 5.23. The predicted molar refractivity (Wildman–Crippen MR) is 93.7 cm³/mol. The van der Waals surface area contributed by atoms with Crippen molar-refractivity contribution in [3.05, 3.63) is 64.6 Å². The Balaban J connectivity index is 2.54. The molecule has 5 heteroatoms.